The fourth-order valence-corrected chi connectivity index (χ4v) is 2.93. The summed E-state index contributed by atoms with van der Waals surface area (Å²) in [6.45, 7) is 3.87. The van der Waals surface area contributed by atoms with E-state index in [0.29, 0.717) is 31.1 Å². The first-order chi connectivity index (χ1) is 10.4. The molecule has 1 amide bonds. The number of hydrogen-bond acceptors (Lipinski definition) is 2. The lowest BCUT2D eigenvalue weighted by Crippen LogP contribution is -2.40. The van der Waals surface area contributed by atoms with Crippen LogP contribution in [0.2, 0.25) is 0 Å². The SMILES string of the molecule is CC(=O)NCC1CCCN(Cc2ccccc2C(F)(F)F)C1. The maximum atomic E-state index is 13.0. The zero-order valence-corrected chi connectivity index (χ0v) is 12.6. The van der Waals surface area contributed by atoms with Crippen molar-refractivity contribution in [3.63, 3.8) is 0 Å². The minimum atomic E-state index is -4.32. The standard InChI is InChI=1S/C16H21F3N2O/c1-12(22)20-9-13-5-4-8-21(10-13)11-14-6-2-3-7-15(14)16(17,18)19/h2-3,6-7,13H,4-5,8-11H2,1H3,(H,20,22). The van der Waals surface area contributed by atoms with Gasteiger partial charge in [-0.1, -0.05) is 18.2 Å². The van der Waals surface area contributed by atoms with Gasteiger partial charge in [-0.3, -0.25) is 9.69 Å². The molecule has 0 saturated carbocycles. The van der Waals surface area contributed by atoms with Gasteiger partial charge in [-0.15, -0.1) is 0 Å². The highest BCUT2D eigenvalue weighted by molar-refractivity contribution is 5.72. The van der Waals surface area contributed by atoms with Crippen LogP contribution >= 0.6 is 0 Å². The molecule has 1 aromatic carbocycles. The number of nitrogens with one attached hydrogen (secondary N) is 1. The Morgan fingerprint density at radius 1 is 1.36 bits per heavy atom. The van der Waals surface area contributed by atoms with E-state index in [-0.39, 0.29) is 5.91 Å². The fourth-order valence-electron chi connectivity index (χ4n) is 2.93. The molecule has 122 valence electrons. The molecule has 0 radical (unpaired) electrons. The third kappa shape index (κ3) is 4.73. The van der Waals surface area contributed by atoms with Crippen molar-refractivity contribution in [1.29, 1.82) is 0 Å². The van der Waals surface area contributed by atoms with Crippen molar-refractivity contribution in [3.8, 4) is 0 Å². The Morgan fingerprint density at radius 2 is 2.09 bits per heavy atom. The van der Waals surface area contributed by atoms with E-state index >= 15 is 0 Å². The van der Waals surface area contributed by atoms with Gasteiger partial charge in [0.2, 0.25) is 5.91 Å². The number of piperidine rings is 1. The maximum Gasteiger partial charge on any atom is 0.416 e. The van der Waals surface area contributed by atoms with Gasteiger partial charge in [-0.2, -0.15) is 13.2 Å². The molecule has 3 nitrogen and oxygen atoms in total. The van der Waals surface area contributed by atoms with E-state index in [1.54, 1.807) is 12.1 Å². The summed E-state index contributed by atoms with van der Waals surface area (Å²) in [5, 5.41) is 2.79. The zero-order valence-electron chi connectivity index (χ0n) is 12.6. The lowest BCUT2D eigenvalue weighted by molar-refractivity contribution is -0.138. The number of carbonyl (C=O) groups is 1. The summed E-state index contributed by atoms with van der Waals surface area (Å²) in [6.07, 6.45) is -2.38. The third-order valence-electron chi connectivity index (χ3n) is 3.96. The lowest BCUT2D eigenvalue weighted by Gasteiger charge is -2.33. The predicted octanol–water partition coefficient (Wildman–Crippen LogP) is 3.05. The van der Waals surface area contributed by atoms with Crippen LogP contribution in [0.4, 0.5) is 13.2 Å². The van der Waals surface area contributed by atoms with Crippen LogP contribution in [0.3, 0.4) is 0 Å². The van der Waals surface area contributed by atoms with Crippen LogP contribution in [0, 0.1) is 5.92 Å². The first-order valence-corrected chi connectivity index (χ1v) is 7.48. The van der Waals surface area contributed by atoms with Crippen molar-refractivity contribution in [2.75, 3.05) is 19.6 Å². The number of amides is 1. The van der Waals surface area contributed by atoms with Gasteiger partial charge in [0, 0.05) is 26.6 Å². The van der Waals surface area contributed by atoms with Crippen LogP contribution in [0.1, 0.15) is 30.9 Å². The van der Waals surface area contributed by atoms with E-state index in [9.17, 15) is 18.0 Å². The zero-order chi connectivity index (χ0) is 16.2. The first kappa shape index (κ1) is 16.8. The topological polar surface area (TPSA) is 32.3 Å². The van der Waals surface area contributed by atoms with Gasteiger partial charge >= 0.3 is 6.18 Å². The fraction of sp³-hybridized carbons (Fsp3) is 0.562. The Balaban J connectivity index is 2.00. The molecule has 0 aliphatic carbocycles. The van der Waals surface area contributed by atoms with Gasteiger partial charge in [0.05, 0.1) is 5.56 Å². The Morgan fingerprint density at radius 3 is 2.77 bits per heavy atom. The Hall–Kier alpha value is -1.56. The molecule has 1 aliphatic rings. The summed E-state index contributed by atoms with van der Waals surface area (Å²) in [7, 11) is 0. The minimum absolute atomic E-state index is 0.0699. The summed E-state index contributed by atoms with van der Waals surface area (Å²) < 4.78 is 39.1. The van der Waals surface area contributed by atoms with Gasteiger partial charge in [-0.25, -0.2) is 0 Å². The van der Waals surface area contributed by atoms with Crippen LogP contribution in [0.15, 0.2) is 24.3 Å². The molecule has 1 atom stereocenters. The second-order valence-electron chi connectivity index (χ2n) is 5.84. The normalized spacial score (nSPS) is 19.9. The predicted molar refractivity (Wildman–Crippen MR) is 78.1 cm³/mol. The van der Waals surface area contributed by atoms with E-state index in [4.69, 9.17) is 0 Å². The van der Waals surface area contributed by atoms with Gasteiger partial charge in [0.25, 0.3) is 0 Å². The smallest absolute Gasteiger partial charge is 0.356 e. The average molecular weight is 314 g/mol. The number of hydrogen-bond donors (Lipinski definition) is 1. The van der Waals surface area contributed by atoms with Crippen LogP contribution < -0.4 is 5.32 Å². The molecule has 1 heterocycles. The van der Waals surface area contributed by atoms with Gasteiger partial charge < -0.3 is 5.32 Å². The summed E-state index contributed by atoms with van der Waals surface area (Å²) in [6, 6.07) is 5.74. The molecule has 2 rings (SSSR count). The largest absolute Gasteiger partial charge is 0.416 e. The highest BCUT2D eigenvalue weighted by atomic mass is 19.4. The molecule has 6 heteroatoms. The number of benzene rings is 1. The Labute approximate surface area is 128 Å². The molecule has 1 aliphatic heterocycles. The van der Waals surface area contributed by atoms with Gasteiger partial charge in [-0.05, 0) is 36.9 Å². The average Bonchev–Trinajstić information content (AvgIpc) is 2.45. The maximum absolute atomic E-state index is 13.0. The van der Waals surface area contributed by atoms with Crippen LogP contribution in [-0.2, 0) is 17.5 Å². The van der Waals surface area contributed by atoms with Crippen molar-refractivity contribution in [1.82, 2.24) is 10.2 Å². The molecule has 0 bridgehead atoms. The van der Waals surface area contributed by atoms with Crippen LogP contribution in [0.5, 0.6) is 0 Å². The molecule has 1 fully saturated rings. The second kappa shape index (κ2) is 7.13. The van der Waals surface area contributed by atoms with Crippen molar-refractivity contribution in [2.24, 2.45) is 5.92 Å². The minimum Gasteiger partial charge on any atom is -0.356 e. The molecule has 0 spiro atoms. The quantitative estimate of drug-likeness (QED) is 0.926. The summed E-state index contributed by atoms with van der Waals surface area (Å²) >= 11 is 0. The van der Waals surface area contributed by atoms with E-state index in [1.165, 1.54) is 13.0 Å². The highest BCUT2D eigenvalue weighted by Crippen LogP contribution is 2.32. The first-order valence-electron chi connectivity index (χ1n) is 7.48. The number of alkyl halides is 3. The monoisotopic (exact) mass is 314 g/mol. The molecule has 1 unspecified atom stereocenters. The Kier molecular flexibility index (Phi) is 5.45. The van der Waals surface area contributed by atoms with Crippen molar-refractivity contribution < 1.29 is 18.0 Å². The van der Waals surface area contributed by atoms with E-state index in [2.05, 4.69) is 5.32 Å². The van der Waals surface area contributed by atoms with Crippen molar-refractivity contribution in [2.45, 2.75) is 32.5 Å². The van der Waals surface area contributed by atoms with Gasteiger partial charge in [0.15, 0.2) is 0 Å². The van der Waals surface area contributed by atoms with Crippen LogP contribution in [0.25, 0.3) is 0 Å². The number of likely N-dealkylation sites (tertiary alicyclic amines) is 1. The van der Waals surface area contributed by atoms with Crippen molar-refractivity contribution >= 4 is 5.91 Å². The summed E-state index contributed by atoms with van der Waals surface area (Å²) in [5.41, 5.74) is -0.242. The molecule has 0 aromatic heterocycles. The number of rotatable bonds is 4. The molecular formula is C16H21F3N2O. The molecule has 1 aromatic rings. The van der Waals surface area contributed by atoms with E-state index < -0.39 is 11.7 Å². The molecule has 1 N–H and O–H groups in total. The molecule has 1 saturated heterocycles. The van der Waals surface area contributed by atoms with E-state index in [0.717, 1.165) is 25.5 Å². The highest BCUT2D eigenvalue weighted by Gasteiger charge is 2.33. The van der Waals surface area contributed by atoms with Gasteiger partial charge in [0.1, 0.15) is 0 Å². The van der Waals surface area contributed by atoms with Crippen LogP contribution in [-0.4, -0.2) is 30.4 Å². The van der Waals surface area contributed by atoms with E-state index in [1.807, 2.05) is 4.90 Å². The number of nitrogens with zero attached hydrogens (tertiary/aromatic N) is 1. The third-order valence-corrected chi connectivity index (χ3v) is 3.96. The number of carbonyl (C=O) groups excluding carboxylic acids is 1. The second-order valence-corrected chi connectivity index (χ2v) is 5.84. The Bertz CT molecular complexity index is 516. The van der Waals surface area contributed by atoms with Crippen molar-refractivity contribution in [3.05, 3.63) is 35.4 Å². The molecular weight excluding hydrogens is 293 g/mol. The number of halogens is 3. The molecule has 22 heavy (non-hydrogen) atoms. The summed E-state index contributed by atoms with van der Waals surface area (Å²) in [4.78, 5) is 13.0. The summed E-state index contributed by atoms with van der Waals surface area (Å²) in [5.74, 6) is 0.232. The lowest BCUT2D eigenvalue weighted by atomic mass is 9.97.